The summed E-state index contributed by atoms with van der Waals surface area (Å²) in [7, 11) is -3.61. The van der Waals surface area contributed by atoms with Crippen LogP contribution in [0.4, 0.5) is 0 Å². The number of benzene rings is 1. The molecule has 1 aromatic heterocycles. The molecule has 2 aliphatic heterocycles. The number of aliphatic imine (C=N–C) groups is 1. The van der Waals surface area contributed by atoms with Gasteiger partial charge in [0.15, 0.2) is 5.84 Å². The topological polar surface area (TPSA) is 108 Å². The van der Waals surface area contributed by atoms with E-state index in [9.17, 15) is 13.2 Å². The van der Waals surface area contributed by atoms with Crippen molar-refractivity contribution in [1.29, 1.82) is 5.41 Å². The highest BCUT2D eigenvalue weighted by atomic mass is 32.3. The van der Waals surface area contributed by atoms with E-state index >= 15 is 0 Å². The predicted octanol–water partition coefficient (Wildman–Crippen LogP) is 3.80. The van der Waals surface area contributed by atoms with Crippen molar-refractivity contribution < 1.29 is 13.2 Å². The van der Waals surface area contributed by atoms with Crippen LogP contribution in [0.25, 0.3) is 6.08 Å². The molecule has 3 heterocycles. The Morgan fingerprint density at radius 3 is 2.55 bits per heavy atom. The van der Waals surface area contributed by atoms with Gasteiger partial charge in [-0.1, -0.05) is 44.2 Å². The number of carbonyl (C=O) groups excluding carboxylic acids is 1. The number of hydrazone groups is 1. The smallest absolute Gasteiger partial charge is 0.283 e. The summed E-state index contributed by atoms with van der Waals surface area (Å²) < 4.78 is 27.2. The van der Waals surface area contributed by atoms with Crippen LogP contribution in [-0.4, -0.2) is 45.0 Å². The van der Waals surface area contributed by atoms with Crippen LogP contribution in [0.1, 0.15) is 36.4 Å². The monoisotopic (exact) mass is 483 g/mol. The summed E-state index contributed by atoms with van der Waals surface area (Å²) in [5, 5.41) is 13.9. The third-order valence-corrected chi connectivity index (χ3v) is 8.79. The Balaban J connectivity index is 1.65. The number of amides is 1. The number of rotatable bonds is 5. The number of carbonyl (C=O) groups is 1. The molecular formula is C23H25N5O3S2. The molecule has 1 aromatic carbocycles. The molecule has 1 N–H and O–H groups in total. The maximum absolute atomic E-state index is 12.7. The van der Waals surface area contributed by atoms with E-state index in [0.29, 0.717) is 6.54 Å². The molecule has 0 saturated heterocycles. The molecule has 4 rings (SSSR count). The average molecular weight is 484 g/mol. The normalized spacial score (nSPS) is 17.6. The van der Waals surface area contributed by atoms with Crippen LogP contribution in [0, 0.1) is 25.2 Å². The van der Waals surface area contributed by atoms with Crippen molar-refractivity contribution in [3.05, 3.63) is 64.5 Å². The van der Waals surface area contributed by atoms with Crippen LogP contribution in [0.2, 0.25) is 0 Å². The Hall–Kier alpha value is -2.98. The SMILES string of the molecule is Cc1cc(/C=C2\C(=N)N3N=C(S(=O)(=O)CC(C)C)SC3=NC2=O)c(C)n1Cc1ccccc1. The molecule has 0 spiro atoms. The summed E-state index contributed by atoms with van der Waals surface area (Å²) in [6.07, 6.45) is 1.63. The van der Waals surface area contributed by atoms with Gasteiger partial charge in [-0.15, -0.1) is 5.10 Å². The van der Waals surface area contributed by atoms with Gasteiger partial charge in [-0.25, -0.2) is 8.42 Å². The number of sulfone groups is 1. The van der Waals surface area contributed by atoms with Crippen LogP contribution in [0.15, 0.2) is 52.1 Å². The number of aromatic nitrogens is 1. The van der Waals surface area contributed by atoms with Crippen LogP contribution < -0.4 is 0 Å². The Bertz CT molecular complexity index is 1340. The first-order chi connectivity index (χ1) is 15.6. The molecule has 0 unspecified atom stereocenters. The second kappa shape index (κ2) is 8.75. The summed E-state index contributed by atoms with van der Waals surface area (Å²) in [6, 6.07) is 12.0. The first kappa shape index (κ1) is 23.2. The molecule has 10 heteroatoms. The van der Waals surface area contributed by atoms with E-state index in [-0.39, 0.29) is 32.6 Å². The fraction of sp³-hybridized carbons (Fsp3) is 0.304. The zero-order valence-corrected chi connectivity index (χ0v) is 20.5. The molecule has 0 atom stereocenters. The summed E-state index contributed by atoms with van der Waals surface area (Å²) in [5.41, 5.74) is 4.02. The first-order valence-corrected chi connectivity index (χ1v) is 13.0. The first-order valence-electron chi connectivity index (χ1n) is 10.5. The lowest BCUT2D eigenvalue weighted by atomic mass is 10.1. The second-order valence-electron chi connectivity index (χ2n) is 8.46. The number of thioether (sulfide) groups is 1. The van der Waals surface area contributed by atoms with Crippen molar-refractivity contribution in [2.24, 2.45) is 16.0 Å². The van der Waals surface area contributed by atoms with Gasteiger partial charge in [0.05, 0.1) is 11.3 Å². The molecule has 0 radical (unpaired) electrons. The van der Waals surface area contributed by atoms with Crippen molar-refractivity contribution in [3.8, 4) is 0 Å². The highest BCUT2D eigenvalue weighted by Crippen LogP contribution is 2.31. The van der Waals surface area contributed by atoms with Crippen LogP contribution in [-0.2, 0) is 21.2 Å². The predicted molar refractivity (Wildman–Crippen MR) is 133 cm³/mol. The van der Waals surface area contributed by atoms with Gasteiger partial charge >= 0.3 is 0 Å². The van der Waals surface area contributed by atoms with E-state index in [1.165, 1.54) is 0 Å². The lowest BCUT2D eigenvalue weighted by Gasteiger charge is -2.20. The molecule has 2 aliphatic rings. The van der Waals surface area contributed by atoms with Crippen molar-refractivity contribution in [3.63, 3.8) is 0 Å². The van der Waals surface area contributed by atoms with Gasteiger partial charge < -0.3 is 4.57 Å². The standard InChI is InChI=1S/C23H25N5O3S2/c1-14(2)13-33(30,31)23-26-28-20(24)19(21(29)25-22(28)32-23)11-18-10-15(3)27(16(18)4)12-17-8-6-5-7-9-17/h5-11,14,24H,12-13H2,1-4H3/b19-11+,24-20?. The minimum absolute atomic E-state index is 0.0582. The Kier molecular flexibility index (Phi) is 6.15. The van der Waals surface area contributed by atoms with Gasteiger partial charge in [0.1, 0.15) is 0 Å². The number of fused-ring (bicyclic) bond motifs is 1. The molecule has 8 nitrogen and oxygen atoms in total. The molecule has 2 aromatic rings. The molecular weight excluding hydrogens is 458 g/mol. The Morgan fingerprint density at radius 1 is 1.18 bits per heavy atom. The molecule has 0 fully saturated rings. The number of nitrogens with one attached hydrogen (secondary N) is 1. The van der Waals surface area contributed by atoms with Crippen LogP contribution in [0.3, 0.4) is 0 Å². The number of amidine groups is 2. The van der Waals surface area contributed by atoms with E-state index in [1.807, 2.05) is 52.0 Å². The highest BCUT2D eigenvalue weighted by molar-refractivity contribution is 8.42. The second-order valence-corrected chi connectivity index (χ2v) is 11.6. The Labute approximate surface area is 197 Å². The minimum atomic E-state index is -3.61. The zero-order chi connectivity index (χ0) is 23.9. The minimum Gasteiger partial charge on any atom is -0.344 e. The van der Waals surface area contributed by atoms with E-state index in [1.54, 1.807) is 6.08 Å². The fourth-order valence-electron chi connectivity index (χ4n) is 3.75. The Morgan fingerprint density at radius 2 is 1.88 bits per heavy atom. The van der Waals surface area contributed by atoms with Crippen LogP contribution in [0.5, 0.6) is 0 Å². The fourth-order valence-corrected chi connectivity index (χ4v) is 6.54. The van der Waals surface area contributed by atoms with E-state index in [0.717, 1.165) is 39.3 Å². The number of hydrogen-bond acceptors (Lipinski definition) is 6. The average Bonchev–Trinajstić information content (AvgIpc) is 3.28. The van der Waals surface area contributed by atoms with Gasteiger partial charge in [-0.3, -0.25) is 10.2 Å². The van der Waals surface area contributed by atoms with Crippen molar-refractivity contribution in [2.75, 3.05) is 5.75 Å². The number of nitrogens with zero attached hydrogens (tertiary/aromatic N) is 4. The number of hydrogen-bond donors (Lipinski definition) is 1. The van der Waals surface area contributed by atoms with E-state index < -0.39 is 15.7 Å². The van der Waals surface area contributed by atoms with Gasteiger partial charge in [0, 0.05) is 17.9 Å². The van der Waals surface area contributed by atoms with Crippen LogP contribution >= 0.6 is 11.8 Å². The molecule has 0 saturated carbocycles. The summed E-state index contributed by atoms with van der Waals surface area (Å²) >= 11 is 0.815. The molecule has 1 amide bonds. The van der Waals surface area contributed by atoms with E-state index in [2.05, 4.69) is 26.8 Å². The van der Waals surface area contributed by atoms with Crippen molar-refractivity contribution in [1.82, 2.24) is 9.58 Å². The van der Waals surface area contributed by atoms with Crippen molar-refractivity contribution >= 4 is 49.0 Å². The summed E-state index contributed by atoms with van der Waals surface area (Å²) in [5.74, 6) is -0.887. The van der Waals surface area contributed by atoms with Gasteiger partial charge in [0.2, 0.25) is 19.4 Å². The molecule has 172 valence electrons. The van der Waals surface area contributed by atoms with Gasteiger partial charge in [-0.2, -0.15) is 10.0 Å². The summed E-state index contributed by atoms with van der Waals surface area (Å²) in [6.45, 7) is 8.27. The maximum atomic E-state index is 12.7. The lowest BCUT2D eigenvalue weighted by molar-refractivity contribution is -0.114. The molecule has 0 bridgehead atoms. The maximum Gasteiger partial charge on any atom is 0.283 e. The van der Waals surface area contributed by atoms with E-state index in [4.69, 9.17) is 5.41 Å². The highest BCUT2D eigenvalue weighted by Gasteiger charge is 2.39. The lowest BCUT2D eigenvalue weighted by Crippen LogP contribution is -2.35. The van der Waals surface area contributed by atoms with Gasteiger partial charge in [0.25, 0.3) is 5.91 Å². The summed E-state index contributed by atoms with van der Waals surface area (Å²) in [4.78, 5) is 16.7. The zero-order valence-electron chi connectivity index (χ0n) is 18.9. The third-order valence-electron chi connectivity index (χ3n) is 5.35. The van der Waals surface area contributed by atoms with Gasteiger partial charge in [-0.05, 0) is 54.8 Å². The van der Waals surface area contributed by atoms with Crippen molar-refractivity contribution in [2.45, 2.75) is 34.2 Å². The largest absolute Gasteiger partial charge is 0.344 e. The molecule has 33 heavy (non-hydrogen) atoms. The quantitative estimate of drug-likeness (QED) is 0.651. The molecule has 0 aliphatic carbocycles. The third kappa shape index (κ3) is 4.58. The number of aryl methyl sites for hydroxylation is 1.